The van der Waals surface area contributed by atoms with E-state index in [1.54, 1.807) is 18.2 Å². The summed E-state index contributed by atoms with van der Waals surface area (Å²) >= 11 is 0. The van der Waals surface area contributed by atoms with Crippen LogP contribution in [-0.4, -0.2) is 68.5 Å². The normalized spacial score (nSPS) is 18.0. The van der Waals surface area contributed by atoms with E-state index in [1.807, 2.05) is 18.2 Å². The monoisotopic (exact) mass is 515 g/mol. The fraction of sp³-hybridized carbons (Fsp3) is 0.400. The molecule has 0 saturated heterocycles. The number of non-ortho nitro benzene ring substituents is 1. The van der Waals surface area contributed by atoms with Crippen LogP contribution in [0.4, 0.5) is 11.4 Å². The Balaban J connectivity index is 1.35. The number of anilines is 1. The van der Waals surface area contributed by atoms with Gasteiger partial charge in [0, 0.05) is 43.2 Å². The van der Waals surface area contributed by atoms with E-state index in [9.17, 15) is 14.9 Å². The van der Waals surface area contributed by atoms with Crippen molar-refractivity contribution >= 4 is 17.3 Å². The predicted molar refractivity (Wildman–Crippen MR) is 131 cm³/mol. The third kappa shape index (κ3) is 7.32. The number of aliphatic hydroxyl groups excluding tert-OH is 1. The Bertz CT molecular complexity index is 1110. The number of fused-ring (bicyclic) bond motifs is 1. The average molecular weight is 516 g/mol. The number of allylic oxidation sites excluding steroid dienone is 1. The van der Waals surface area contributed by atoms with Gasteiger partial charge in [0.15, 0.2) is 17.3 Å². The summed E-state index contributed by atoms with van der Waals surface area (Å²) in [5.74, 6) is 0.917. The molecule has 2 aromatic rings. The van der Waals surface area contributed by atoms with Gasteiger partial charge in [0.05, 0.1) is 31.4 Å². The zero-order chi connectivity index (χ0) is 26.0. The van der Waals surface area contributed by atoms with E-state index in [0.29, 0.717) is 36.7 Å². The smallest absolute Gasteiger partial charge is 0.286 e. The summed E-state index contributed by atoms with van der Waals surface area (Å²) in [5, 5.41) is 25.5. The van der Waals surface area contributed by atoms with E-state index in [2.05, 4.69) is 10.6 Å². The van der Waals surface area contributed by atoms with E-state index in [0.717, 1.165) is 5.56 Å². The summed E-state index contributed by atoms with van der Waals surface area (Å²) in [6.45, 7) is 1.55. The van der Waals surface area contributed by atoms with Crippen molar-refractivity contribution in [1.82, 2.24) is 5.32 Å². The van der Waals surface area contributed by atoms with E-state index in [-0.39, 0.29) is 56.5 Å². The Morgan fingerprint density at radius 1 is 1.08 bits per heavy atom. The minimum atomic E-state index is -0.669. The lowest BCUT2D eigenvalue weighted by atomic mass is 9.92. The third-order valence-corrected chi connectivity index (χ3v) is 5.69. The molecule has 0 aromatic heterocycles. The number of rotatable bonds is 13. The first-order chi connectivity index (χ1) is 18.0. The molecule has 0 aliphatic carbocycles. The van der Waals surface area contributed by atoms with Gasteiger partial charge in [-0.15, -0.1) is 0 Å². The Morgan fingerprint density at radius 2 is 1.89 bits per heavy atom. The van der Waals surface area contributed by atoms with Crippen LogP contribution < -0.4 is 20.1 Å². The van der Waals surface area contributed by atoms with Crippen molar-refractivity contribution in [2.75, 3.05) is 51.6 Å². The molecule has 0 fully saturated rings. The Morgan fingerprint density at radius 3 is 2.68 bits per heavy atom. The molecule has 4 rings (SSSR count). The molecule has 2 aliphatic heterocycles. The van der Waals surface area contributed by atoms with Gasteiger partial charge >= 0.3 is 0 Å². The van der Waals surface area contributed by atoms with Crippen LogP contribution >= 0.6 is 0 Å². The van der Waals surface area contributed by atoms with Crippen LogP contribution in [-0.2, 0) is 19.0 Å². The Hall–Kier alpha value is -3.87. The quantitative estimate of drug-likeness (QED) is 0.206. The van der Waals surface area contributed by atoms with Gasteiger partial charge in [-0.25, -0.2) is 0 Å². The Kier molecular flexibility index (Phi) is 9.13. The van der Waals surface area contributed by atoms with Crippen LogP contribution in [0.25, 0.3) is 0 Å². The molecule has 1 amide bonds. The van der Waals surface area contributed by atoms with Gasteiger partial charge in [-0.3, -0.25) is 14.9 Å². The van der Waals surface area contributed by atoms with Crippen LogP contribution in [0, 0.1) is 10.1 Å². The summed E-state index contributed by atoms with van der Waals surface area (Å²) in [6, 6.07) is 11.7. The first kappa shape index (κ1) is 26.2. The minimum absolute atomic E-state index is 0.00832. The molecule has 2 heterocycles. The number of amides is 1. The van der Waals surface area contributed by atoms with Gasteiger partial charge in [0.25, 0.3) is 11.6 Å². The van der Waals surface area contributed by atoms with Crippen molar-refractivity contribution in [2.24, 2.45) is 0 Å². The highest BCUT2D eigenvalue weighted by Crippen LogP contribution is 2.38. The van der Waals surface area contributed by atoms with Crippen LogP contribution in [0.3, 0.4) is 0 Å². The summed E-state index contributed by atoms with van der Waals surface area (Å²) in [7, 11) is 0. The summed E-state index contributed by atoms with van der Waals surface area (Å²) in [4.78, 5) is 23.2. The lowest BCUT2D eigenvalue weighted by Gasteiger charge is -2.29. The van der Waals surface area contributed by atoms with E-state index >= 15 is 0 Å². The number of nitro benzene ring substituents is 1. The third-order valence-electron chi connectivity index (χ3n) is 5.69. The van der Waals surface area contributed by atoms with Gasteiger partial charge in [-0.05, 0) is 35.9 Å². The lowest BCUT2D eigenvalue weighted by molar-refractivity contribution is -0.384. The number of carbonyl (C=O) groups is 1. The molecule has 2 aliphatic rings. The van der Waals surface area contributed by atoms with E-state index < -0.39 is 11.2 Å². The number of aliphatic hydroxyl groups is 1. The van der Waals surface area contributed by atoms with Crippen molar-refractivity contribution in [1.29, 1.82) is 0 Å². The number of nitro groups is 1. The minimum Gasteiger partial charge on any atom is -0.459 e. The number of ether oxygens (including phenoxy) is 5. The molecule has 198 valence electrons. The lowest BCUT2D eigenvalue weighted by Crippen LogP contribution is -2.35. The molecule has 0 bridgehead atoms. The summed E-state index contributed by atoms with van der Waals surface area (Å²) in [5.41, 5.74) is 1.64. The standard InChI is InChI=1S/C25H29N3O9/c29-9-10-33-11-12-34-24-15-18(17-1-6-21-22(13-17)36-16-35-21)14-23(37-24)25(30)27-8-7-26-19-2-4-20(5-3-19)28(31)32/h1-6,13-14,18,24,26,29H,7-12,15-16H2,(H,27,30)/t18-,24+/m1/s1. The van der Waals surface area contributed by atoms with Crippen LogP contribution in [0.5, 0.6) is 11.5 Å². The van der Waals surface area contributed by atoms with Crippen molar-refractivity contribution in [2.45, 2.75) is 18.6 Å². The molecule has 0 spiro atoms. The predicted octanol–water partition coefficient (Wildman–Crippen LogP) is 2.29. The number of hydrogen-bond donors (Lipinski definition) is 3. The van der Waals surface area contributed by atoms with Crippen molar-refractivity contribution in [3.8, 4) is 11.5 Å². The molecule has 12 nitrogen and oxygen atoms in total. The topological polar surface area (TPSA) is 151 Å². The van der Waals surface area contributed by atoms with Gasteiger partial charge in [0.2, 0.25) is 13.1 Å². The maximum atomic E-state index is 12.9. The second-order valence-electron chi connectivity index (χ2n) is 8.23. The van der Waals surface area contributed by atoms with Crippen LogP contribution in [0.2, 0.25) is 0 Å². The molecule has 0 unspecified atom stereocenters. The number of hydrogen-bond acceptors (Lipinski definition) is 10. The average Bonchev–Trinajstić information content (AvgIpc) is 3.39. The SMILES string of the molecule is O=C(NCCNc1ccc([N+](=O)[O-])cc1)C1=C[C@@H](c2ccc3c(c2)OCO3)C[C@@H](OCCOCCO)O1. The van der Waals surface area contributed by atoms with E-state index in [1.165, 1.54) is 12.1 Å². The first-order valence-electron chi connectivity index (χ1n) is 11.9. The molecule has 0 radical (unpaired) electrons. The molecule has 37 heavy (non-hydrogen) atoms. The molecular weight excluding hydrogens is 486 g/mol. The van der Waals surface area contributed by atoms with Crippen molar-refractivity contribution < 1.29 is 38.5 Å². The highest BCUT2D eigenvalue weighted by Gasteiger charge is 2.29. The van der Waals surface area contributed by atoms with Crippen molar-refractivity contribution in [3.63, 3.8) is 0 Å². The van der Waals surface area contributed by atoms with E-state index in [4.69, 9.17) is 28.8 Å². The molecular formula is C25H29N3O9. The number of nitrogens with one attached hydrogen (secondary N) is 2. The summed E-state index contributed by atoms with van der Waals surface area (Å²) < 4.78 is 27.7. The highest BCUT2D eigenvalue weighted by molar-refractivity contribution is 5.91. The van der Waals surface area contributed by atoms with Crippen molar-refractivity contribution in [3.05, 3.63) is 70.0 Å². The van der Waals surface area contributed by atoms with Gasteiger partial charge in [0.1, 0.15) is 0 Å². The summed E-state index contributed by atoms with van der Waals surface area (Å²) in [6.07, 6.45) is 1.58. The molecule has 2 aromatic carbocycles. The fourth-order valence-corrected chi connectivity index (χ4v) is 3.87. The second kappa shape index (κ2) is 12.9. The maximum Gasteiger partial charge on any atom is 0.286 e. The number of carbonyl (C=O) groups excluding carboxylic acids is 1. The Labute approximate surface area is 213 Å². The fourth-order valence-electron chi connectivity index (χ4n) is 3.87. The van der Waals surface area contributed by atoms with Gasteiger partial charge in [-0.2, -0.15) is 0 Å². The first-order valence-corrected chi connectivity index (χ1v) is 11.9. The number of nitrogens with zero attached hydrogens (tertiary/aromatic N) is 1. The molecule has 0 saturated carbocycles. The number of benzene rings is 2. The maximum absolute atomic E-state index is 12.9. The zero-order valence-electron chi connectivity index (χ0n) is 20.1. The molecule has 12 heteroatoms. The molecule has 3 N–H and O–H groups in total. The zero-order valence-corrected chi connectivity index (χ0v) is 20.1. The van der Waals surface area contributed by atoms with Crippen LogP contribution in [0.1, 0.15) is 17.9 Å². The van der Waals surface area contributed by atoms with Gasteiger partial charge < -0.3 is 39.4 Å². The second-order valence-corrected chi connectivity index (χ2v) is 8.23. The molecule has 2 atom stereocenters. The van der Waals surface area contributed by atoms with Gasteiger partial charge in [-0.1, -0.05) is 6.07 Å². The highest BCUT2D eigenvalue weighted by atomic mass is 16.7. The largest absolute Gasteiger partial charge is 0.459 e. The van der Waals surface area contributed by atoms with Crippen LogP contribution in [0.15, 0.2) is 54.3 Å².